The molecule has 0 spiro atoms. The number of carbonyl (C=O) groups excluding carboxylic acids is 2. The van der Waals surface area contributed by atoms with Gasteiger partial charge in [-0.3, -0.25) is 9.59 Å². The van der Waals surface area contributed by atoms with E-state index in [2.05, 4.69) is 10.6 Å². The fourth-order valence-electron chi connectivity index (χ4n) is 1.51. The van der Waals surface area contributed by atoms with Crippen LogP contribution in [0.25, 0.3) is 0 Å². The number of likely N-dealkylation sites (N-methyl/N-ethyl adjacent to an activating group) is 1. The van der Waals surface area contributed by atoms with E-state index in [9.17, 15) is 9.59 Å². The fraction of sp³-hybridized carbons (Fsp3) is 0.750. The Morgan fingerprint density at radius 3 is 2.54 bits per heavy atom. The molecular weight excluding hydrogens is 172 g/mol. The molecule has 1 saturated heterocycles. The van der Waals surface area contributed by atoms with Crippen molar-refractivity contribution in [1.82, 2.24) is 10.6 Å². The zero-order valence-electron chi connectivity index (χ0n) is 7.63. The first-order valence-electron chi connectivity index (χ1n) is 4.26. The number of ether oxygens (including phenoxy) is 1. The number of amides is 2. The molecule has 0 aromatic carbocycles. The van der Waals surface area contributed by atoms with Gasteiger partial charge in [-0.15, -0.1) is 0 Å². The van der Waals surface area contributed by atoms with Gasteiger partial charge in [0.25, 0.3) is 0 Å². The summed E-state index contributed by atoms with van der Waals surface area (Å²) in [6.07, 6.45) is 1.64. The van der Waals surface area contributed by atoms with Gasteiger partial charge in [0.2, 0.25) is 12.3 Å². The summed E-state index contributed by atoms with van der Waals surface area (Å²) >= 11 is 0. The van der Waals surface area contributed by atoms with E-state index in [4.69, 9.17) is 4.74 Å². The van der Waals surface area contributed by atoms with Crippen LogP contribution in [-0.4, -0.2) is 38.1 Å². The van der Waals surface area contributed by atoms with Gasteiger partial charge >= 0.3 is 0 Å². The number of rotatable bonds is 3. The molecule has 5 heteroatoms. The normalized spacial score (nSPS) is 20.4. The molecule has 2 N–H and O–H groups in total. The predicted octanol–water partition coefficient (Wildman–Crippen LogP) is -0.972. The Morgan fingerprint density at radius 1 is 1.46 bits per heavy atom. The van der Waals surface area contributed by atoms with Crippen molar-refractivity contribution in [3.63, 3.8) is 0 Å². The van der Waals surface area contributed by atoms with Crippen molar-refractivity contribution < 1.29 is 14.3 Å². The van der Waals surface area contributed by atoms with E-state index in [1.807, 2.05) is 0 Å². The maximum absolute atomic E-state index is 11.5. The molecule has 0 saturated carbocycles. The molecule has 2 amide bonds. The van der Waals surface area contributed by atoms with Crippen LogP contribution in [0, 0.1) is 0 Å². The highest BCUT2D eigenvalue weighted by Gasteiger charge is 2.38. The maximum atomic E-state index is 11.5. The van der Waals surface area contributed by atoms with Crippen molar-refractivity contribution in [3.05, 3.63) is 0 Å². The van der Waals surface area contributed by atoms with Gasteiger partial charge in [0, 0.05) is 33.1 Å². The first-order valence-corrected chi connectivity index (χ1v) is 4.26. The fourth-order valence-corrected chi connectivity index (χ4v) is 1.51. The van der Waals surface area contributed by atoms with Crippen LogP contribution in [0.1, 0.15) is 12.8 Å². The molecule has 0 aromatic rings. The molecule has 74 valence electrons. The van der Waals surface area contributed by atoms with Gasteiger partial charge in [-0.2, -0.15) is 0 Å². The van der Waals surface area contributed by atoms with Gasteiger partial charge in [-0.1, -0.05) is 0 Å². The van der Waals surface area contributed by atoms with Crippen LogP contribution in [0.5, 0.6) is 0 Å². The monoisotopic (exact) mass is 186 g/mol. The van der Waals surface area contributed by atoms with E-state index in [-0.39, 0.29) is 5.91 Å². The van der Waals surface area contributed by atoms with Crippen molar-refractivity contribution >= 4 is 12.3 Å². The van der Waals surface area contributed by atoms with Crippen LogP contribution in [0.15, 0.2) is 0 Å². The van der Waals surface area contributed by atoms with Crippen molar-refractivity contribution in [3.8, 4) is 0 Å². The quantitative estimate of drug-likeness (QED) is 0.557. The minimum Gasteiger partial charge on any atom is -0.381 e. The van der Waals surface area contributed by atoms with Crippen molar-refractivity contribution in [2.24, 2.45) is 0 Å². The highest BCUT2D eigenvalue weighted by Crippen LogP contribution is 2.20. The lowest BCUT2D eigenvalue weighted by atomic mass is 9.89. The lowest BCUT2D eigenvalue weighted by Crippen LogP contribution is -2.58. The third-order valence-corrected chi connectivity index (χ3v) is 2.34. The van der Waals surface area contributed by atoms with Crippen molar-refractivity contribution in [2.75, 3.05) is 20.3 Å². The third kappa shape index (κ3) is 1.98. The summed E-state index contributed by atoms with van der Waals surface area (Å²) in [7, 11) is 1.56. The van der Waals surface area contributed by atoms with Crippen LogP contribution in [-0.2, 0) is 14.3 Å². The number of nitrogens with one attached hydrogen (secondary N) is 2. The van der Waals surface area contributed by atoms with E-state index < -0.39 is 5.54 Å². The zero-order valence-corrected chi connectivity index (χ0v) is 7.63. The minimum atomic E-state index is -0.755. The summed E-state index contributed by atoms with van der Waals surface area (Å²) in [5.41, 5.74) is -0.755. The first kappa shape index (κ1) is 9.98. The van der Waals surface area contributed by atoms with Crippen LogP contribution < -0.4 is 10.6 Å². The van der Waals surface area contributed by atoms with Crippen LogP contribution in [0.3, 0.4) is 0 Å². The molecule has 1 aliphatic heterocycles. The Hall–Kier alpha value is -1.10. The molecule has 5 nitrogen and oxygen atoms in total. The molecule has 0 radical (unpaired) electrons. The number of carbonyl (C=O) groups is 2. The van der Waals surface area contributed by atoms with Gasteiger partial charge in [0.05, 0.1) is 0 Å². The Balaban J connectivity index is 2.71. The summed E-state index contributed by atoms with van der Waals surface area (Å²) in [5, 5.41) is 5.12. The Morgan fingerprint density at radius 2 is 2.08 bits per heavy atom. The summed E-state index contributed by atoms with van der Waals surface area (Å²) < 4.78 is 5.13. The SMILES string of the molecule is CNC(=O)C1(NC=O)CCOCC1. The lowest BCUT2D eigenvalue weighted by Gasteiger charge is -2.34. The molecule has 1 heterocycles. The Kier molecular flexibility index (Phi) is 3.25. The summed E-state index contributed by atoms with van der Waals surface area (Å²) in [6.45, 7) is 1.02. The second-order valence-corrected chi connectivity index (χ2v) is 3.04. The van der Waals surface area contributed by atoms with Gasteiger partial charge < -0.3 is 15.4 Å². The van der Waals surface area contributed by atoms with E-state index >= 15 is 0 Å². The van der Waals surface area contributed by atoms with E-state index in [0.717, 1.165) is 0 Å². The minimum absolute atomic E-state index is 0.150. The molecule has 13 heavy (non-hydrogen) atoms. The smallest absolute Gasteiger partial charge is 0.245 e. The van der Waals surface area contributed by atoms with E-state index in [1.165, 1.54) is 0 Å². The number of hydrogen-bond donors (Lipinski definition) is 2. The predicted molar refractivity (Wildman–Crippen MR) is 46.1 cm³/mol. The van der Waals surface area contributed by atoms with Crippen molar-refractivity contribution in [1.29, 1.82) is 0 Å². The maximum Gasteiger partial charge on any atom is 0.245 e. The van der Waals surface area contributed by atoms with Gasteiger partial charge in [0.15, 0.2) is 0 Å². The molecule has 0 bridgehead atoms. The average Bonchev–Trinajstić information content (AvgIpc) is 2.18. The summed E-state index contributed by atoms with van der Waals surface area (Å²) in [6, 6.07) is 0. The summed E-state index contributed by atoms with van der Waals surface area (Å²) in [4.78, 5) is 21.9. The molecule has 1 aliphatic rings. The highest BCUT2D eigenvalue weighted by atomic mass is 16.5. The zero-order chi connectivity index (χ0) is 9.73. The largest absolute Gasteiger partial charge is 0.381 e. The topological polar surface area (TPSA) is 67.4 Å². The molecule has 1 rings (SSSR count). The second kappa shape index (κ2) is 4.23. The van der Waals surface area contributed by atoms with Crippen LogP contribution in [0.2, 0.25) is 0 Å². The molecule has 0 unspecified atom stereocenters. The molecule has 0 aromatic heterocycles. The standard InChI is InChI=1S/C8H14N2O3/c1-9-7(12)8(10-6-11)2-4-13-5-3-8/h6H,2-5H2,1H3,(H,9,12)(H,10,11). The van der Waals surface area contributed by atoms with Gasteiger partial charge in [0.1, 0.15) is 5.54 Å². The molecular formula is C8H14N2O3. The molecule has 1 fully saturated rings. The summed E-state index contributed by atoms with van der Waals surface area (Å²) in [5.74, 6) is -0.150. The number of hydrogen-bond acceptors (Lipinski definition) is 3. The van der Waals surface area contributed by atoms with Crippen LogP contribution in [0.4, 0.5) is 0 Å². The van der Waals surface area contributed by atoms with Gasteiger partial charge in [-0.05, 0) is 0 Å². The lowest BCUT2D eigenvalue weighted by molar-refractivity contribution is -0.133. The van der Waals surface area contributed by atoms with E-state index in [1.54, 1.807) is 7.05 Å². The second-order valence-electron chi connectivity index (χ2n) is 3.04. The first-order chi connectivity index (χ1) is 6.25. The average molecular weight is 186 g/mol. The highest BCUT2D eigenvalue weighted by molar-refractivity contribution is 5.88. The molecule has 0 atom stereocenters. The van der Waals surface area contributed by atoms with E-state index in [0.29, 0.717) is 32.5 Å². The Labute approximate surface area is 76.8 Å². The Bertz CT molecular complexity index is 200. The molecule has 0 aliphatic carbocycles. The van der Waals surface area contributed by atoms with Crippen LogP contribution >= 0.6 is 0 Å². The third-order valence-electron chi connectivity index (χ3n) is 2.34. The van der Waals surface area contributed by atoms with Gasteiger partial charge in [-0.25, -0.2) is 0 Å². The van der Waals surface area contributed by atoms with Crippen molar-refractivity contribution in [2.45, 2.75) is 18.4 Å².